The van der Waals surface area contributed by atoms with Gasteiger partial charge in [0, 0.05) is 5.38 Å². The second-order valence-electron chi connectivity index (χ2n) is 1.53. The van der Waals surface area contributed by atoms with Crippen LogP contribution in [0.15, 0.2) is 10.9 Å². The van der Waals surface area contributed by atoms with E-state index in [0.717, 1.165) is 5.69 Å². The summed E-state index contributed by atoms with van der Waals surface area (Å²) in [5, 5.41) is 2.01. The van der Waals surface area contributed by atoms with Crippen molar-refractivity contribution < 1.29 is 0 Å². The zero-order valence-electron chi connectivity index (χ0n) is 4.47. The first-order valence-corrected chi connectivity index (χ1v) is 3.71. The highest BCUT2D eigenvalue weighted by atomic mass is 35.5. The van der Waals surface area contributed by atoms with E-state index in [4.69, 9.17) is 11.6 Å². The number of rotatable bonds is 1. The maximum absolute atomic E-state index is 5.69. The van der Waals surface area contributed by atoms with Gasteiger partial charge in [-0.25, -0.2) is 4.98 Å². The van der Waals surface area contributed by atoms with Gasteiger partial charge in [0.25, 0.3) is 0 Å². The highest BCUT2D eigenvalue weighted by Crippen LogP contribution is 2.17. The summed E-state index contributed by atoms with van der Waals surface area (Å²) < 4.78 is 0. The Hall–Kier alpha value is -0.0800. The molecular weight excluding hydrogens is 142 g/mol. The van der Waals surface area contributed by atoms with Crippen molar-refractivity contribution in [3.05, 3.63) is 16.6 Å². The van der Waals surface area contributed by atoms with Crippen LogP contribution in [0.25, 0.3) is 0 Å². The summed E-state index contributed by atoms with van der Waals surface area (Å²) >= 11 is 7.26. The summed E-state index contributed by atoms with van der Waals surface area (Å²) in [4.78, 5) is 4.00. The van der Waals surface area contributed by atoms with Crippen LogP contribution in [-0.2, 0) is 0 Å². The van der Waals surface area contributed by atoms with Gasteiger partial charge >= 0.3 is 0 Å². The molecule has 0 N–H and O–H groups in total. The first kappa shape index (κ1) is 6.05. The molecule has 0 aliphatic rings. The van der Waals surface area contributed by atoms with Crippen LogP contribution in [0.3, 0.4) is 0 Å². The number of hydrogen-bond acceptors (Lipinski definition) is 2. The smallest absolute Gasteiger partial charge is 0.0795 e. The predicted octanol–water partition coefficient (Wildman–Crippen LogP) is 2.44. The molecule has 44 valence electrons. The lowest BCUT2D eigenvalue weighted by Crippen LogP contribution is -1.80. The Morgan fingerprint density at radius 2 is 2.62 bits per heavy atom. The average Bonchev–Trinajstić information content (AvgIpc) is 2.12. The Bertz CT molecular complexity index is 147. The van der Waals surface area contributed by atoms with Crippen LogP contribution < -0.4 is 0 Å². The van der Waals surface area contributed by atoms with Gasteiger partial charge in [-0.2, -0.15) is 0 Å². The van der Waals surface area contributed by atoms with Gasteiger partial charge < -0.3 is 0 Å². The van der Waals surface area contributed by atoms with Gasteiger partial charge in [0.05, 0.1) is 16.6 Å². The molecule has 1 atom stereocenters. The molecular formula is C5H6ClNS. The van der Waals surface area contributed by atoms with Crippen molar-refractivity contribution in [1.82, 2.24) is 4.98 Å². The van der Waals surface area contributed by atoms with Gasteiger partial charge in [0.1, 0.15) is 0 Å². The van der Waals surface area contributed by atoms with E-state index in [1.165, 1.54) is 0 Å². The van der Waals surface area contributed by atoms with Crippen molar-refractivity contribution in [3.8, 4) is 0 Å². The summed E-state index contributed by atoms with van der Waals surface area (Å²) in [5.74, 6) is 0. The molecule has 0 aromatic carbocycles. The van der Waals surface area contributed by atoms with E-state index in [9.17, 15) is 0 Å². The molecule has 8 heavy (non-hydrogen) atoms. The Kier molecular flexibility index (Phi) is 1.86. The second-order valence-corrected chi connectivity index (χ2v) is 2.90. The summed E-state index contributed by atoms with van der Waals surface area (Å²) in [7, 11) is 0. The average molecular weight is 148 g/mol. The van der Waals surface area contributed by atoms with Crippen molar-refractivity contribution in [2.75, 3.05) is 0 Å². The van der Waals surface area contributed by atoms with Crippen LogP contribution in [0.2, 0.25) is 0 Å². The second kappa shape index (κ2) is 2.46. The third-order valence-electron chi connectivity index (χ3n) is 0.859. The zero-order chi connectivity index (χ0) is 5.98. The Morgan fingerprint density at radius 1 is 1.88 bits per heavy atom. The number of aromatic nitrogens is 1. The van der Waals surface area contributed by atoms with E-state index >= 15 is 0 Å². The van der Waals surface area contributed by atoms with E-state index in [-0.39, 0.29) is 5.38 Å². The van der Waals surface area contributed by atoms with Crippen molar-refractivity contribution in [1.29, 1.82) is 0 Å². The molecule has 0 bridgehead atoms. The lowest BCUT2D eigenvalue weighted by molar-refractivity contribution is 1.02. The maximum Gasteiger partial charge on any atom is 0.0795 e. The van der Waals surface area contributed by atoms with Crippen LogP contribution in [0.4, 0.5) is 0 Å². The largest absolute Gasteiger partial charge is 0.248 e. The summed E-state index contributed by atoms with van der Waals surface area (Å²) in [5.41, 5.74) is 2.76. The highest BCUT2D eigenvalue weighted by Gasteiger charge is 1.99. The quantitative estimate of drug-likeness (QED) is 0.556. The monoisotopic (exact) mass is 147 g/mol. The molecule has 0 saturated carbocycles. The van der Waals surface area contributed by atoms with Crippen LogP contribution in [0.5, 0.6) is 0 Å². The first-order valence-electron chi connectivity index (χ1n) is 2.33. The third-order valence-corrected chi connectivity index (χ3v) is 1.69. The van der Waals surface area contributed by atoms with Gasteiger partial charge in [0.2, 0.25) is 0 Å². The fourth-order valence-corrected chi connectivity index (χ4v) is 1.26. The minimum Gasteiger partial charge on any atom is -0.248 e. The molecule has 0 aliphatic heterocycles. The van der Waals surface area contributed by atoms with Crippen molar-refractivity contribution in [2.45, 2.75) is 12.3 Å². The van der Waals surface area contributed by atoms with Gasteiger partial charge in [0.15, 0.2) is 0 Å². The number of alkyl halides is 1. The topological polar surface area (TPSA) is 12.9 Å². The summed E-state index contributed by atoms with van der Waals surface area (Å²) in [6, 6.07) is 0. The Balaban J connectivity index is 2.77. The molecule has 0 fully saturated rings. The molecule has 1 heterocycles. The highest BCUT2D eigenvalue weighted by molar-refractivity contribution is 7.07. The van der Waals surface area contributed by atoms with E-state index in [2.05, 4.69) is 4.98 Å². The standard InChI is InChI=1S/C5H6ClNS/c1-4(6)5-2-8-3-7-5/h2-4H,1H3/t4-/m1/s1. The van der Waals surface area contributed by atoms with E-state index < -0.39 is 0 Å². The molecule has 0 spiro atoms. The van der Waals surface area contributed by atoms with Crippen molar-refractivity contribution in [2.24, 2.45) is 0 Å². The molecule has 1 aromatic heterocycles. The molecule has 1 nitrogen and oxygen atoms in total. The van der Waals surface area contributed by atoms with Gasteiger partial charge in [-0.05, 0) is 6.92 Å². The number of nitrogens with zero attached hydrogens (tertiary/aromatic N) is 1. The maximum atomic E-state index is 5.69. The Labute approximate surface area is 57.3 Å². The summed E-state index contributed by atoms with van der Waals surface area (Å²) in [6.07, 6.45) is 0. The van der Waals surface area contributed by atoms with E-state index in [1.54, 1.807) is 16.8 Å². The molecule has 0 saturated heterocycles. The molecule has 1 rings (SSSR count). The van der Waals surface area contributed by atoms with Crippen LogP contribution in [0.1, 0.15) is 18.0 Å². The van der Waals surface area contributed by atoms with Crippen LogP contribution >= 0.6 is 22.9 Å². The van der Waals surface area contributed by atoms with Crippen molar-refractivity contribution in [3.63, 3.8) is 0 Å². The minimum absolute atomic E-state index is 0.0567. The normalized spacial score (nSPS) is 13.8. The lowest BCUT2D eigenvalue weighted by atomic mass is 10.4. The molecule has 1 aromatic rings. The number of halogens is 1. The Morgan fingerprint density at radius 3 is 2.88 bits per heavy atom. The number of hydrogen-bond donors (Lipinski definition) is 0. The SMILES string of the molecule is C[C@@H](Cl)c1cscn1. The molecule has 0 radical (unpaired) electrons. The number of thiazole rings is 1. The molecule has 3 heteroatoms. The molecule has 0 unspecified atom stereocenters. The van der Waals surface area contributed by atoms with Gasteiger partial charge in [-0.1, -0.05) is 0 Å². The van der Waals surface area contributed by atoms with Gasteiger partial charge in [-0.3, -0.25) is 0 Å². The van der Waals surface area contributed by atoms with E-state index in [1.807, 2.05) is 12.3 Å². The predicted molar refractivity (Wildman–Crippen MR) is 36.4 cm³/mol. The fourth-order valence-electron chi connectivity index (χ4n) is 0.418. The fraction of sp³-hybridized carbons (Fsp3) is 0.400. The summed E-state index contributed by atoms with van der Waals surface area (Å²) in [6.45, 7) is 1.91. The van der Waals surface area contributed by atoms with Crippen LogP contribution in [0, 0.1) is 0 Å². The van der Waals surface area contributed by atoms with E-state index in [0.29, 0.717) is 0 Å². The lowest BCUT2D eigenvalue weighted by Gasteiger charge is -1.91. The van der Waals surface area contributed by atoms with Gasteiger partial charge in [-0.15, -0.1) is 22.9 Å². The van der Waals surface area contributed by atoms with Crippen LogP contribution in [-0.4, -0.2) is 4.98 Å². The third kappa shape index (κ3) is 1.20. The van der Waals surface area contributed by atoms with Crippen molar-refractivity contribution >= 4 is 22.9 Å². The minimum atomic E-state index is 0.0567. The molecule has 0 amide bonds. The molecule has 0 aliphatic carbocycles. The zero-order valence-corrected chi connectivity index (χ0v) is 6.04. The first-order chi connectivity index (χ1) is 3.80.